The van der Waals surface area contributed by atoms with Gasteiger partial charge in [-0.2, -0.15) is 0 Å². The van der Waals surface area contributed by atoms with Crippen LogP contribution in [0.25, 0.3) is 0 Å². The molecule has 142 valence electrons. The Bertz CT molecular complexity index is 907. The first-order valence-electron chi connectivity index (χ1n) is 8.55. The Labute approximate surface area is 166 Å². The number of ether oxygens (including phenoxy) is 1. The third-order valence-corrected chi connectivity index (χ3v) is 6.24. The van der Waals surface area contributed by atoms with Crippen molar-refractivity contribution in [1.29, 1.82) is 0 Å². The lowest BCUT2D eigenvalue weighted by atomic mass is 9.88. The summed E-state index contributed by atoms with van der Waals surface area (Å²) in [6, 6.07) is 8.86. The molecule has 1 aromatic carbocycles. The molecule has 1 aromatic heterocycles. The van der Waals surface area contributed by atoms with Crippen LogP contribution in [0, 0.1) is 0 Å². The zero-order valence-corrected chi connectivity index (χ0v) is 16.6. The van der Waals surface area contributed by atoms with Crippen molar-refractivity contribution in [2.75, 3.05) is 6.54 Å². The molecule has 0 bridgehead atoms. The van der Waals surface area contributed by atoms with Crippen LogP contribution >= 0.6 is 22.9 Å². The maximum atomic E-state index is 12.2. The molecule has 1 N–H and O–H groups in total. The number of carbonyl (C=O) groups is 2. The molecule has 0 saturated carbocycles. The normalized spacial score (nSPS) is 16.7. The largest absolute Gasteiger partial charge is 0.480 e. The van der Waals surface area contributed by atoms with Gasteiger partial charge in [-0.1, -0.05) is 35.9 Å². The van der Waals surface area contributed by atoms with E-state index in [-0.39, 0.29) is 0 Å². The Morgan fingerprint density at radius 1 is 1.37 bits per heavy atom. The van der Waals surface area contributed by atoms with Crippen LogP contribution < -0.4 is 4.74 Å². The maximum Gasteiger partial charge on any atom is 0.336 e. The highest BCUT2D eigenvalue weighted by Crippen LogP contribution is 2.40. The molecule has 1 unspecified atom stereocenters. The van der Waals surface area contributed by atoms with Crippen molar-refractivity contribution in [3.8, 4) is 5.06 Å². The molecule has 0 radical (unpaired) electrons. The third kappa shape index (κ3) is 3.78. The van der Waals surface area contributed by atoms with E-state index in [4.69, 9.17) is 16.3 Å². The molecule has 1 aliphatic heterocycles. The van der Waals surface area contributed by atoms with Gasteiger partial charge in [0, 0.05) is 34.6 Å². The SMILES string of the molecule is CC=CC(=O)Oc1cc2c(s1)CCN(C(C)(C(=O)O)c1ccccc1Cl)C2. The molecule has 3 rings (SSSR count). The number of hydrogen-bond donors (Lipinski definition) is 1. The third-order valence-electron chi connectivity index (χ3n) is 4.80. The number of thiophene rings is 1. The van der Waals surface area contributed by atoms with Gasteiger partial charge in [-0.05, 0) is 38.0 Å². The number of benzene rings is 1. The summed E-state index contributed by atoms with van der Waals surface area (Å²) in [7, 11) is 0. The van der Waals surface area contributed by atoms with Gasteiger partial charge in [0.1, 0.15) is 5.54 Å². The molecule has 0 fully saturated rings. The summed E-state index contributed by atoms with van der Waals surface area (Å²) in [6.45, 7) is 4.45. The summed E-state index contributed by atoms with van der Waals surface area (Å²) < 4.78 is 5.32. The second kappa shape index (κ2) is 7.84. The van der Waals surface area contributed by atoms with Crippen molar-refractivity contribution in [2.24, 2.45) is 0 Å². The van der Waals surface area contributed by atoms with Crippen molar-refractivity contribution in [3.05, 3.63) is 63.5 Å². The lowest BCUT2D eigenvalue weighted by Crippen LogP contribution is -2.51. The molecular weight excluding hydrogens is 386 g/mol. The molecule has 0 spiro atoms. The molecule has 0 saturated heterocycles. The van der Waals surface area contributed by atoms with Gasteiger partial charge in [-0.3, -0.25) is 4.90 Å². The summed E-state index contributed by atoms with van der Waals surface area (Å²) in [6.07, 6.45) is 3.68. The van der Waals surface area contributed by atoms with Gasteiger partial charge in [0.05, 0.1) is 0 Å². The molecule has 7 heteroatoms. The van der Waals surface area contributed by atoms with Gasteiger partial charge in [0.15, 0.2) is 5.06 Å². The fraction of sp³-hybridized carbons (Fsp3) is 0.300. The minimum atomic E-state index is -1.25. The van der Waals surface area contributed by atoms with Crippen LogP contribution in [0.3, 0.4) is 0 Å². The molecule has 27 heavy (non-hydrogen) atoms. The Kier molecular flexibility index (Phi) is 5.69. The minimum absolute atomic E-state index is 0.417. The number of fused-ring (bicyclic) bond motifs is 1. The van der Waals surface area contributed by atoms with Gasteiger partial charge in [-0.25, -0.2) is 9.59 Å². The molecule has 1 aliphatic rings. The molecular formula is C20H20ClNO4S. The quantitative estimate of drug-likeness (QED) is 0.595. The van der Waals surface area contributed by atoms with Crippen LogP contribution in [0.1, 0.15) is 29.9 Å². The lowest BCUT2D eigenvalue weighted by molar-refractivity contribution is -0.152. The van der Waals surface area contributed by atoms with E-state index in [0.717, 1.165) is 10.4 Å². The van der Waals surface area contributed by atoms with E-state index in [1.165, 1.54) is 17.4 Å². The minimum Gasteiger partial charge on any atom is -0.480 e. The number of carboxylic acid groups (broad SMARTS) is 1. The number of carbonyl (C=O) groups excluding carboxylic acids is 1. The molecule has 2 aromatic rings. The van der Waals surface area contributed by atoms with Crippen LogP contribution in [0.15, 0.2) is 42.5 Å². The number of nitrogens with zero attached hydrogens (tertiary/aromatic N) is 1. The Morgan fingerprint density at radius 3 is 2.78 bits per heavy atom. The van der Waals surface area contributed by atoms with Gasteiger partial charge in [0.2, 0.25) is 0 Å². The number of rotatable bonds is 5. The van der Waals surface area contributed by atoms with Crippen LogP contribution in [0.2, 0.25) is 5.02 Å². The highest BCUT2D eigenvalue weighted by atomic mass is 35.5. The van der Waals surface area contributed by atoms with Crippen LogP contribution in [0.4, 0.5) is 0 Å². The van der Waals surface area contributed by atoms with Crippen LogP contribution in [-0.4, -0.2) is 28.5 Å². The van der Waals surface area contributed by atoms with Gasteiger partial charge in [0.25, 0.3) is 0 Å². The van der Waals surface area contributed by atoms with E-state index in [9.17, 15) is 14.7 Å². The second-order valence-corrected chi connectivity index (χ2v) is 7.97. The predicted octanol–water partition coefficient (Wildman–Crippen LogP) is 4.24. The standard InChI is InChI=1S/C20H20ClNO4S/c1-3-6-17(23)26-18-11-13-12-22(10-9-16(13)27-18)20(2,19(24)25)14-7-4-5-8-15(14)21/h3-8,11H,9-10,12H2,1-2H3,(H,24,25). The van der Waals surface area contributed by atoms with Gasteiger partial charge >= 0.3 is 11.9 Å². The molecule has 0 aliphatic carbocycles. The predicted molar refractivity (Wildman–Crippen MR) is 105 cm³/mol. The first-order valence-corrected chi connectivity index (χ1v) is 9.75. The number of aliphatic carboxylic acids is 1. The lowest BCUT2D eigenvalue weighted by Gasteiger charge is -2.40. The van der Waals surface area contributed by atoms with Gasteiger partial charge in [-0.15, -0.1) is 11.3 Å². The van der Waals surface area contributed by atoms with Crippen molar-refractivity contribution in [3.63, 3.8) is 0 Å². The van der Waals surface area contributed by atoms with E-state index in [0.29, 0.717) is 35.2 Å². The Hall–Kier alpha value is -2.15. The summed E-state index contributed by atoms with van der Waals surface area (Å²) in [5, 5.41) is 11.0. The first-order chi connectivity index (χ1) is 12.9. The zero-order chi connectivity index (χ0) is 19.6. The van der Waals surface area contributed by atoms with E-state index < -0.39 is 17.5 Å². The fourth-order valence-electron chi connectivity index (χ4n) is 3.28. The Balaban J connectivity index is 1.89. The second-order valence-electron chi connectivity index (χ2n) is 6.46. The first kappa shape index (κ1) is 19.6. The summed E-state index contributed by atoms with van der Waals surface area (Å²) in [5.74, 6) is -1.37. The number of carboxylic acids is 1. The van der Waals surface area contributed by atoms with Gasteiger partial charge < -0.3 is 9.84 Å². The number of halogens is 1. The fourth-order valence-corrected chi connectivity index (χ4v) is 4.62. The summed E-state index contributed by atoms with van der Waals surface area (Å²) >= 11 is 7.74. The monoisotopic (exact) mass is 405 g/mol. The maximum absolute atomic E-state index is 12.2. The van der Waals surface area contributed by atoms with Crippen molar-refractivity contribution >= 4 is 34.9 Å². The molecule has 5 nitrogen and oxygen atoms in total. The molecule has 0 amide bonds. The smallest absolute Gasteiger partial charge is 0.336 e. The summed E-state index contributed by atoms with van der Waals surface area (Å²) in [5.41, 5.74) is 0.298. The Morgan fingerprint density at radius 2 is 2.11 bits per heavy atom. The van der Waals surface area contributed by atoms with Crippen LogP contribution in [0.5, 0.6) is 5.06 Å². The highest BCUT2D eigenvalue weighted by molar-refractivity contribution is 7.14. The average molecular weight is 406 g/mol. The number of allylic oxidation sites excluding steroid dienone is 1. The highest BCUT2D eigenvalue weighted by Gasteiger charge is 2.44. The van der Waals surface area contributed by atoms with Crippen molar-refractivity contribution < 1.29 is 19.4 Å². The summed E-state index contributed by atoms with van der Waals surface area (Å²) in [4.78, 5) is 26.9. The number of esters is 1. The topological polar surface area (TPSA) is 66.8 Å². The molecule has 2 heterocycles. The average Bonchev–Trinajstić information content (AvgIpc) is 3.02. The van der Waals surface area contributed by atoms with E-state index in [1.807, 2.05) is 11.0 Å². The van der Waals surface area contributed by atoms with Crippen LogP contribution in [-0.2, 0) is 28.1 Å². The van der Waals surface area contributed by atoms with E-state index >= 15 is 0 Å². The van der Waals surface area contributed by atoms with Crippen molar-refractivity contribution in [1.82, 2.24) is 4.90 Å². The molecule has 1 atom stereocenters. The van der Waals surface area contributed by atoms with E-state index in [2.05, 4.69) is 0 Å². The van der Waals surface area contributed by atoms with Crippen molar-refractivity contribution in [2.45, 2.75) is 32.4 Å². The zero-order valence-electron chi connectivity index (χ0n) is 15.1. The van der Waals surface area contributed by atoms with E-state index in [1.54, 1.807) is 44.2 Å². The number of hydrogen-bond acceptors (Lipinski definition) is 5.